The molecule has 8 heteroatoms. The molecule has 5 aromatic rings. The zero-order valence-electron chi connectivity index (χ0n) is 15.7. The van der Waals surface area contributed by atoms with Crippen LogP contribution in [0.3, 0.4) is 0 Å². The summed E-state index contributed by atoms with van der Waals surface area (Å²) in [5.41, 5.74) is 1.34. The quantitative estimate of drug-likeness (QED) is 0.259. The molecule has 0 aliphatic heterocycles. The monoisotopic (exact) mass is 454 g/mol. The molecule has 0 bridgehead atoms. The van der Waals surface area contributed by atoms with Crippen molar-refractivity contribution >= 4 is 73.2 Å². The molecule has 0 aliphatic carbocycles. The van der Waals surface area contributed by atoms with Crippen molar-refractivity contribution in [2.24, 2.45) is 0 Å². The summed E-state index contributed by atoms with van der Waals surface area (Å²) in [6, 6.07) is 15.8. The molecule has 31 heavy (non-hydrogen) atoms. The highest BCUT2D eigenvalue weighted by Gasteiger charge is 2.24. The highest BCUT2D eigenvalue weighted by Crippen LogP contribution is 2.41. The lowest BCUT2D eigenvalue weighted by Gasteiger charge is -2.21. The van der Waals surface area contributed by atoms with Gasteiger partial charge in [0, 0.05) is 31.7 Å². The Morgan fingerprint density at radius 1 is 0.871 bits per heavy atom. The molecule has 154 valence electrons. The molecule has 0 saturated carbocycles. The first-order valence-electron chi connectivity index (χ1n) is 9.18. The maximum atomic E-state index is 14.5. The Morgan fingerprint density at radius 2 is 1.61 bits per heavy atom. The number of benzene rings is 4. The van der Waals surface area contributed by atoms with Gasteiger partial charge in [-0.2, -0.15) is 0 Å². The second-order valence-electron chi connectivity index (χ2n) is 7.08. The Morgan fingerprint density at radius 3 is 2.35 bits per heavy atom. The number of carboxylic acid groups (broad SMARTS) is 1. The summed E-state index contributed by atoms with van der Waals surface area (Å²) in [5.74, 6) is -1.13. The molecule has 1 heterocycles. The average molecular weight is 455 g/mol. The molecule has 1 amide bonds. The van der Waals surface area contributed by atoms with Crippen molar-refractivity contribution in [2.45, 2.75) is 0 Å². The van der Waals surface area contributed by atoms with Crippen LogP contribution in [-0.4, -0.2) is 21.3 Å². The Kier molecular flexibility index (Phi) is 4.43. The van der Waals surface area contributed by atoms with Crippen LogP contribution in [0.4, 0.5) is 20.6 Å². The zero-order chi connectivity index (χ0) is 21.9. The van der Waals surface area contributed by atoms with Gasteiger partial charge in [0.05, 0.1) is 16.9 Å². The zero-order valence-corrected chi connectivity index (χ0v) is 17.2. The van der Waals surface area contributed by atoms with Crippen molar-refractivity contribution in [3.63, 3.8) is 0 Å². The van der Waals surface area contributed by atoms with Crippen molar-refractivity contribution in [1.29, 1.82) is 0 Å². The fourth-order valence-corrected chi connectivity index (χ4v) is 4.20. The molecule has 0 spiro atoms. The summed E-state index contributed by atoms with van der Waals surface area (Å²) >= 11 is 11.9. The maximum Gasteiger partial charge on any atom is 0.416 e. The third kappa shape index (κ3) is 3.12. The second kappa shape index (κ2) is 7.04. The Bertz CT molecular complexity index is 1530. The van der Waals surface area contributed by atoms with Gasteiger partial charge in [-0.15, -0.1) is 0 Å². The number of phenolic OH excluding ortho intramolecular Hbond substituents is 1. The number of fused-ring (bicyclic) bond motifs is 5. The van der Waals surface area contributed by atoms with Crippen LogP contribution in [-0.2, 0) is 0 Å². The fraction of sp³-hybridized carbons (Fsp3) is 0. The number of nitrogens with one attached hydrogen (secondary N) is 1. The van der Waals surface area contributed by atoms with E-state index in [9.17, 15) is 19.4 Å². The molecule has 3 N–H and O–H groups in total. The summed E-state index contributed by atoms with van der Waals surface area (Å²) < 4.78 is 14.5. The lowest BCUT2D eigenvalue weighted by Crippen LogP contribution is -2.24. The predicted octanol–water partition coefficient (Wildman–Crippen LogP) is 7.44. The van der Waals surface area contributed by atoms with E-state index in [0.717, 1.165) is 27.9 Å². The van der Waals surface area contributed by atoms with E-state index >= 15 is 0 Å². The average Bonchev–Trinajstić information content (AvgIpc) is 3.08. The first-order valence-corrected chi connectivity index (χ1v) is 9.94. The number of nitrogens with zero attached hydrogens (tertiary/aromatic N) is 1. The van der Waals surface area contributed by atoms with Crippen molar-refractivity contribution < 1.29 is 19.4 Å². The molecule has 4 aromatic carbocycles. The van der Waals surface area contributed by atoms with Crippen LogP contribution in [0.15, 0.2) is 60.7 Å². The van der Waals surface area contributed by atoms with Crippen LogP contribution in [0.1, 0.15) is 0 Å². The van der Waals surface area contributed by atoms with E-state index in [-0.39, 0.29) is 22.1 Å². The summed E-state index contributed by atoms with van der Waals surface area (Å²) in [5, 5.41) is 24.4. The number of amides is 1. The van der Waals surface area contributed by atoms with Crippen LogP contribution in [0.2, 0.25) is 10.0 Å². The number of rotatable bonds is 2. The van der Waals surface area contributed by atoms with E-state index in [1.54, 1.807) is 6.07 Å². The predicted molar refractivity (Wildman–Crippen MR) is 122 cm³/mol. The third-order valence-corrected chi connectivity index (χ3v) is 5.70. The van der Waals surface area contributed by atoms with E-state index in [1.807, 2.05) is 24.3 Å². The molecule has 0 aliphatic rings. The van der Waals surface area contributed by atoms with E-state index in [0.29, 0.717) is 20.7 Å². The summed E-state index contributed by atoms with van der Waals surface area (Å²) in [6.45, 7) is 0. The summed E-state index contributed by atoms with van der Waals surface area (Å²) in [4.78, 5) is 16.0. The summed E-state index contributed by atoms with van der Waals surface area (Å²) in [7, 11) is 0. The van der Waals surface area contributed by atoms with E-state index in [1.165, 1.54) is 24.3 Å². The lowest BCUT2D eigenvalue weighted by molar-refractivity contribution is 0.204. The van der Waals surface area contributed by atoms with Crippen molar-refractivity contribution in [2.75, 3.05) is 4.90 Å². The van der Waals surface area contributed by atoms with Crippen molar-refractivity contribution in [3.05, 3.63) is 76.5 Å². The highest BCUT2D eigenvalue weighted by atomic mass is 35.5. The number of carbonyl (C=O) groups is 1. The molecular formula is C23H13Cl2FN2O3. The van der Waals surface area contributed by atoms with E-state index in [4.69, 9.17) is 23.2 Å². The maximum absolute atomic E-state index is 14.5. The van der Waals surface area contributed by atoms with Crippen molar-refractivity contribution in [3.8, 4) is 5.75 Å². The number of aromatic nitrogens is 1. The number of halogens is 3. The van der Waals surface area contributed by atoms with Gasteiger partial charge in [-0.3, -0.25) is 0 Å². The largest absolute Gasteiger partial charge is 0.506 e. The number of phenols is 1. The molecule has 0 radical (unpaired) electrons. The molecule has 5 nitrogen and oxygen atoms in total. The molecule has 0 fully saturated rings. The first kappa shape index (κ1) is 19.5. The van der Waals surface area contributed by atoms with Crippen LogP contribution in [0.25, 0.3) is 32.6 Å². The van der Waals surface area contributed by atoms with Crippen LogP contribution in [0, 0.1) is 5.82 Å². The van der Waals surface area contributed by atoms with E-state index < -0.39 is 11.9 Å². The Labute approximate surface area is 184 Å². The highest BCUT2D eigenvalue weighted by molar-refractivity contribution is 6.32. The number of aromatic hydroxyl groups is 1. The number of anilines is 2. The second-order valence-corrected chi connectivity index (χ2v) is 7.95. The van der Waals surface area contributed by atoms with Crippen LogP contribution >= 0.6 is 23.2 Å². The smallest absolute Gasteiger partial charge is 0.416 e. The molecule has 1 aromatic heterocycles. The normalized spacial score (nSPS) is 11.5. The van der Waals surface area contributed by atoms with Crippen molar-refractivity contribution in [1.82, 2.24) is 4.98 Å². The molecule has 0 unspecified atom stereocenters. The van der Waals surface area contributed by atoms with Gasteiger partial charge in [0.15, 0.2) is 0 Å². The SMILES string of the molecule is O=C(O)N(c1cc2ccc3c4cc(Cl)ccc4[nH]c3c2cc1O)c1ccc(Cl)cc1F. The topological polar surface area (TPSA) is 76.6 Å². The third-order valence-electron chi connectivity index (χ3n) is 5.23. The van der Waals surface area contributed by atoms with Gasteiger partial charge in [-0.25, -0.2) is 14.1 Å². The van der Waals surface area contributed by atoms with Crippen LogP contribution < -0.4 is 4.90 Å². The molecular weight excluding hydrogens is 442 g/mol. The standard InChI is InChI=1S/C23H13Cl2FN2O3/c24-12-2-5-18-16(8-12)14-4-1-11-7-20(21(29)10-15(11)22(14)27-18)28(23(30)31)19-6-3-13(25)9-17(19)26/h1-10,27,29H,(H,30,31). The fourth-order valence-electron chi connectivity index (χ4n) is 3.87. The van der Waals surface area contributed by atoms with Gasteiger partial charge in [0.25, 0.3) is 0 Å². The van der Waals surface area contributed by atoms with Gasteiger partial charge in [-0.1, -0.05) is 35.3 Å². The Balaban J connectivity index is 1.76. The minimum Gasteiger partial charge on any atom is -0.506 e. The number of hydrogen-bond donors (Lipinski definition) is 3. The minimum absolute atomic E-state index is 0.0697. The van der Waals surface area contributed by atoms with Crippen LogP contribution in [0.5, 0.6) is 5.75 Å². The van der Waals surface area contributed by atoms with Gasteiger partial charge in [-0.05, 0) is 53.9 Å². The number of H-pyrrole nitrogens is 1. The minimum atomic E-state index is -1.45. The summed E-state index contributed by atoms with van der Waals surface area (Å²) in [6.07, 6.45) is -1.45. The molecule has 5 rings (SSSR count). The number of hydrogen-bond acceptors (Lipinski definition) is 2. The molecule has 0 atom stereocenters. The lowest BCUT2D eigenvalue weighted by atomic mass is 10.0. The van der Waals surface area contributed by atoms with Gasteiger partial charge in [0.2, 0.25) is 0 Å². The number of aromatic amines is 1. The Hall–Kier alpha value is -3.48. The van der Waals surface area contributed by atoms with Gasteiger partial charge in [0.1, 0.15) is 11.6 Å². The van der Waals surface area contributed by atoms with Gasteiger partial charge < -0.3 is 15.2 Å². The molecule has 0 saturated heterocycles. The van der Waals surface area contributed by atoms with E-state index in [2.05, 4.69) is 4.98 Å². The van der Waals surface area contributed by atoms with Gasteiger partial charge >= 0.3 is 6.09 Å². The first-order chi connectivity index (χ1) is 14.8.